The topological polar surface area (TPSA) is 81.5 Å². The molecule has 0 spiro atoms. The molecule has 0 aromatic heterocycles. The van der Waals surface area contributed by atoms with Crippen LogP contribution in [0.4, 0.5) is 5.69 Å². The van der Waals surface area contributed by atoms with Crippen molar-refractivity contribution >= 4 is 23.2 Å². The van der Waals surface area contributed by atoms with Crippen LogP contribution in [-0.4, -0.2) is 17.9 Å². The molecule has 2 aromatic rings. The molecular weight excluding hydrogens is 344 g/mol. The van der Waals surface area contributed by atoms with Crippen molar-refractivity contribution in [2.45, 2.75) is 26.3 Å². The highest BCUT2D eigenvalue weighted by molar-refractivity contribution is 6.32. The van der Waals surface area contributed by atoms with Crippen LogP contribution in [0.2, 0.25) is 5.02 Å². The molecule has 0 saturated heterocycles. The minimum atomic E-state index is -0.608. The summed E-state index contributed by atoms with van der Waals surface area (Å²) in [6.45, 7) is 3.88. The van der Waals surface area contributed by atoms with E-state index in [2.05, 4.69) is 5.32 Å². The number of halogens is 1. The highest BCUT2D eigenvalue weighted by atomic mass is 35.5. The summed E-state index contributed by atoms with van der Waals surface area (Å²) in [5.41, 5.74) is 1.81. The van der Waals surface area contributed by atoms with E-state index in [0.29, 0.717) is 6.42 Å². The zero-order valence-electron chi connectivity index (χ0n) is 14.2. The van der Waals surface area contributed by atoms with Gasteiger partial charge in [0.15, 0.2) is 0 Å². The Kier molecular flexibility index (Phi) is 5.98. The molecule has 0 aliphatic rings. The van der Waals surface area contributed by atoms with Crippen LogP contribution in [0.25, 0.3) is 0 Å². The van der Waals surface area contributed by atoms with Gasteiger partial charge in [-0.25, -0.2) is 0 Å². The Morgan fingerprint density at radius 2 is 2.04 bits per heavy atom. The van der Waals surface area contributed by atoms with Gasteiger partial charge in [0, 0.05) is 11.6 Å². The van der Waals surface area contributed by atoms with Crippen LogP contribution in [0.3, 0.4) is 0 Å². The normalized spacial score (nSPS) is 11.7. The molecule has 2 aromatic carbocycles. The van der Waals surface area contributed by atoms with E-state index in [1.807, 2.05) is 32.0 Å². The highest BCUT2D eigenvalue weighted by Crippen LogP contribution is 2.27. The van der Waals surface area contributed by atoms with Crippen LogP contribution in [0.15, 0.2) is 36.4 Å². The van der Waals surface area contributed by atoms with E-state index in [0.717, 1.165) is 16.9 Å². The Balaban J connectivity index is 2.24. The minimum absolute atomic E-state index is 0.000583. The number of nitrogens with one attached hydrogen (secondary N) is 1. The molecule has 0 aliphatic heterocycles. The van der Waals surface area contributed by atoms with E-state index in [-0.39, 0.29) is 28.2 Å². The van der Waals surface area contributed by atoms with Crippen LogP contribution in [0, 0.1) is 17.0 Å². The molecule has 1 atom stereocenters. The van der Waals surface area contributed by atoms with Crippen molar-refractivity contribution in [2.24, 2.45) is 0 Å². The Bertz CT molecular complexity index is 808. The van der Waals surface area contributed by atoms with Crippen molar-refractivity contribution in [3.05, 3.63) is 68.2 Å². The van der Waals surface area contributed by atoms with E-state index < -0.39 is 4.92 Å². The van der Waals surface area contributed by atoms with Crippen LogP contribution in [0.1, 0.15) is 40.9 Å². The zero-order valence-corrected chi connectivity index (χ0v) is 15.0. The lowest BCUT2D eigenvalue weighted by Gasteiger charge is -2.19. The molecule has 132 valence electrons. The van der Waals surface area contributed by atoms with Crippen molar-refractivity contribution in [2.75, 3.05) is 7.11 Å². The van der Waals surface area contributed by atoms with Crippen molar-refractivity contribution in [1.29, 1.82) is 0 Å². The third-order valence-electron chi connectivity index (χ3n) is 3.94. The van der Waals surface area contributed by atoms with Gasteiger partial charge in [-0.15, -0.1) is 0 Å². The van der Waals surface area contributed by atoms with Crippen molar-refractivity contribution < 1.29 is 14.5 Å². The Labute approximate surface area is 150 Å². The summed E-state index contributed by atoms with van der Waals surface area (Å²) in [5, 5.41) is 13.9. The largest absolute Gasteiger partial charge is 0.496 e. The van der Waals surface area contributed by atoms with Gasteiger partial charge in [0.1, 0.15) is 10.8 Å². The van der Waals surface area contributed by atoms with Gasteiger partial charge in [-0.05, 0) is 42.7 Å². The summed E-state index contributed by atoms with van der Waals surface area (Å²) < 4.78 is 5.25. The van der Waals surface area contributed by atoms with Gasteiger partial charge < -0.3 is 10.1 Å². The summed E-state index contributed by atoms with van der Waals surface area (Å²) in [5.74, 6) is 0.387. The summed E-state index contributed by atoms with van der Waals surface area (Å²) >= 11 is 5.79. The molecule has 1 unspecified atom stereocenters. The number of amides is 1. The fourth-order valence-electron chi connectivity index (χ4n) is 2.57. The number of carbonyl (C=O) groups excluding carboxylic acids is 1. The Morgan fingerprint density at radius 1 is 1.32 bits per heavy atom. The lowest BCUT2D eigenvalue weighted by molar-refractivity contribution is -0.384. The van der Waals surface area contributed by atoms with Gasteiger partial charge in [0.2, 0.25) is 0 Å². The Morgan fingerprint density at radius 3 is 2.60 bits per heavy atom. The van der Waals surface area contributed by atoms with Crippen molar-refractivity contribution in [1.82, 2.24) is 5.32 Å². The molecule has 25 heavy (non-hydrogen) atoms. The first-order chi connectivity index (χ1) is 11.9. The second-order valence-corrected chi connectivity index (χ2v) is 5.99. The molecule has 0 heterocycles. The van der Waals surface area contributed by atoms with E-state index in [1.165, 1.54) is 18.2 Å². The van der Waals surface area contributed by atoms with Crippen LogP contribution in [-0.2, 0) is 0 Å². The van der Waals surface area contributed by atoms with E-state index >= 15 is 0 Å². The number of benzene rings is 2. The molecule has 0 radical (unpaired) electrons. The number of carbonyl (C=O) groups is 1. The number of nitrogens with zero attached hydrogens (tertiary/aromatic N) is 1. The number of hydrogen-bond acceptors (Lipinski definition) is 4. The monoisotopic (exact) mass is 362 g/mol. The third kappa shape index (κ3) is 4.28. The van der Waals surface area contributed by atoms with Gasteiger partial charge >= 0.3 is 0 Å². The van der Waals surface area contributed by atoms with Gasteiger partial charge in [0.05, 0.1) is 18.1 Å². The lowest BCUT2D eigenvalue weighted by Crippen LogP contribution is -2.28. The van der Waals surface area contributed by atoms with E-state index in [4.69, 9.17) is 16.3 Å². The molecular formula is C18H19ClN2O4. The van der Waals surface area contributed by atoms with E-state index in [1.54, 1.807) is 7.11 Å². The predicted molar refractivity (Wildman–Crippen MR) is 96.3 cm³/mol. The number of aryl methyl sites for hydroxylation is 1. The third-order valence-corrected chi connectivity index (χ3v) is 4.26. The standard InChI is InChI=1S/C18H19ClN2O4/c1-4-15(12-6-8-17(25-3)11(2)9-12)20-18(22)13-5-7-14(19)16(10-13)21(23)24/h5-10,15H,4H2,1-3H3,(H,20,22). The van der Waals surface area contributed by atoms with Crippen LogP contribution in [0.5, 0.6) is 5.75 Å². The van der Waals surface area contributed by atoms with Gasteiger partial charge in [-0.1, -0.05) is 30.7 Å². The fraction of sp³-hybridized carbons (Fsp3) is 0.278. The molecule has 7 heteroatoms. The smallest absolute Gasteiger partial charge is 0.288 e. The summed E-state index contributed by atoms with van der Waals surface area (Å²) in [6, 6.07) is 9.49. The number of nitro benzene ring substituents is 1. The SMILES string of the molecule is CCC(NC(=O)c1ccc(Cl)c([N+](=O)[O-])c1)c1ccc(OC)c(C)c1. The highest BCUT2D eigenvalue weighted by Gasteiger charge is 2.19. The van der Waals surface area contributed by atoms with Gasteiger partial charge in [0.25, 0.3) is 11.6 Å². The van der Waals surface area contributed by atoms with Gasteiger partial charge in [-0.2, -0.15) is 0 Å². The number of hydrogen-bond donors (Lipinski definition) is 1. The number of rotatable bonds is 6. The summed E-state index contributed by atoms with van der Waals surface area (Å²) in [6.07, 6.45) is 0.674. The maximum Gasteiger partial charge on any atom is 0.288 e. The molecule has 2 rings (SSSR count). The second kappa shape index (κ2) is 7.98. The summed E-state index contributed by atoms with van der Waals surface area (Å²) in [4.78, 5) is 22.8. The van der Waals surface area contributed by atoms with Crippen molar-refractivity contribution in [3.63, 3.8) is 0 Å². The quantitative estimate of drug-likeness (QED) is 0.608. The number of methoxy groups -OCH3 is 1. The lowest BCUT2D eigenvalue weighted by atomic mass is 10.0. The van der Waals surface area contributed by atoms with Crippen molar-refractivity contribution in [3.8, 4) is 5.75 Å². The first-order valence-corrected chi connectivity index (χ1v) is 8.14. The first-order valence-electron chi connectivity index (χ1n) is 7.76. The first kappa shape index (κ1) is 18.7. The second-order valence-electron chi connectivity index (χ2n) is 5.59. The molecule has 0 aliphatic carbocycles. The zero-order chi connectivity index (χ0) is 18.6. The molecule has 6 nitrogen and oxygen atoms in total. The summed E-state index contributed by atoms with van der Waals surface area (Å²) in [7, 11) is 1.61. The minimum Gasteiger partial charge on any atom is -0.496 e. The van der Waals surface area contributed by atoms with E-state index in [9.17, 15) is 14.9 Å². The molecule has 0 fully saturated rings. The van der Waals surface area contributed by atoms with Crippen LogP contribution < -0.4 is 10.1 Å². The maximum atomic E-state index is 12.5. The maximum absolute atomic E-state index is 12.5. The number of ether oxygens (including phenoxy) is 1. The molecule has 0 bridgehead atoms. The average Bonchev–Trinajstić information content (AvgIpc) is 2.59. The molecule has 0 saturated carbocycles. The molecule has 1 amide bonds. The van der Waals surface area contributed by atoms with Crippen LogP contribution >= 0.6 is 11.6 Å². The number of nitro groups is 1. The average molecular weight is 363 g/mol. The Hall–Kier alpha value is -2.60. The van der Waals surface area contributed by atoms with Gasteiger partial charge in [-0.3, -0.25) is 14.9 Å². The predicted octanol–water partition coefficient (Wildman–Crippen LogP) is 4.45. The molecule has 1 N–H and O–H groups in total. The fourth-order valence-corrected chi connectivity index (χ4v) is 2.76.